The molecule has 1 aromatic carbocycles. The minimum atomic E-state index is -0.946. The molecule has 0 radical (unpaired) electrons. The normalized spacial score (nSPS) is 13.3. The molecule has 2 N–H and O–H groups in total. The van der Waals surface area contributed by atoms with Crippen molar-refractivity contribution >= 4 is 27.3 Å². The zero-order valence-corrected chi connectivity index (χ0v) is 16.3. The van der Waals surface area contributed by atoms with Crippen molar-refractivity contribution in [3.05, 3.63) is 45.9 Å². The van der Waals surface area contributed by atoms with Gasteiger partial charge in [-0.3, -0.25) is 0 Å². The van der Waals surface area contributed by atoms with Crippen LogP contribution in [0.5, 0.6) is 11.8 Å². The Morgan fingerprint density at radius 1 is 1.23 bits per heavy atom. The molecule has 0 spiro atoms. The van der Waals surface area contributed by atoms with Gasteiger partial charge in [-0.2, -0.15) is 0 Å². The van der Waals surface area contributed by atoms with Crippen LogP contribution in [0.1, 0.15) is 11.9 Å². The van der Waals surface area contributed by atoms with Crippen LogP contribution in [0.25, 0.3) is 10.6 Å². The van der Waals surface area contributed by atoms with Gasteiger partial charge in [0.25, 0.3) is 0 Å². The summed E-state index contributed by atoms with van der Waals surface area (Å²) in [4.78, 5) is 8.01. The van der Waals surface area contributed by atoms with Gasteiger partial charge < -0.3 is 15.2 Å². The summed E-state index contributed by atoms with van der Waals surface area (Å²) in [5.41, 5.74) is 5.77. The third kappa shape index (κ3) is 3.81. The lowest BCUT2D eigenvalue weighted by Gasteiger charge is -2.21. The maximum absolute atomic E-state index is 13.9. The van der Waals surface area contributed by atoms with Crippen molar-refractivity contribution in [3.63, 3.8) is 0 Å². The number of nitrogens with two attached hydrogens (primary N) is 1. The minimum absolute atomic E-state index is 0.0810. The summed E-state index contributed by atoms with van der Waals surface area (Å²) < 4.78 is 25.2. The van der Waals surface area contributed by atoms with E-state index in [1.54, 1.807) is 25.1 Å². The predicted octanol–water partition coefficient (Wildman–Crippen LogP) is 3.16. The first-order chi connectivity index (χ1) is 12.4. The molecule has 0 amide bonds. The maximum atomic E-state index is 13.9. The van der Waals surface area contributed by atoms with E-state index in [1.165, 1.54) is 30.8 Å². The van der Waals surface area contributed by atoms with Crippen molar-refractivity contribution in [2.75, 3.05) is 13.7 Å². The molecule has 2 aromatic heterocycles. The average Bonchev–Trinajstić information content (AvgIpc) is 3.12. The van der Waals surface area contributed by atoms with E-state index in [2.05, 4.69) is 36.1 Å². The second-order valence-corrected chi connectivity index (χ2v) is 7.37. The average molecular weight is 440 g/mol. The highest BCUT2D eigenvalue weighted by molar-refractivity contribution is 9.10. The van der Waals surface area contributed by atoms with Gasteiger partial charge in [0, 0.05) is 5.56 Å². The lowest BCUT2D eigenvalue weighted by Crippen LogP contribution is -2.39. The smallest absolute Gasteiger partial charge is 0.235 e. The van der Waals surface area contributed by atoms with Crippen LogP contribution in [-0.4, -0.2) is 33.9 Å². The van der Waals surface area contributed by atoms with Gasteiger partial charge >= 0.3 is 0 Å². The zero-order valence-electron chi connectivity index (χ0n) is 13.9. The lowest BCUT2D eigenvalue weighted by molar-refractivity contribution is 0.220. The Bertz CT molecular complexity index is 921. The van der Waals surface area contributed by atoms with E-state index in [4.69, 9.17) is 15.2 Å². The van der Waals surface area contributed by atoms with Gasteiger partial charge in [0.1, 0.15) is 33.8 Å². The monoisotopic (exact) mass is 439 g/mol. The van der Waals surface area contributed by atoms with Crippen molar-refractivity contribution in [2.45, 2.75) is 12.5 Å². The fourth-order valence-corrected chi connectivity index (χ4v) is 3.45. The molecule has 7 nitrogen and oxygen atoms in total. The molecular weight excluding hydrogens is 425 g/mol. The van der Waals surface area contributed by atoms with Gasteiger partial charge in [-0.1, -0.05) is 23.5 Å². The molecule has 0 aliphatic rings. The summed E-state index contributed by atoms with van der Waals surface area (Å²) in [6.45, 7) is 1.84. The minimum Gasteiger partial charge on any atom is -0.480 e. The summed E-state index contributed by atoms with van der Waals surface area (Å²) in [6, 6.07) is 6.38. The van der Waals surface area contributed by atoms with E-state index in [1.807, 2.05) is 0 Å². The molecule has 0 saturated carbocycles. The second-order valence-electron chi connectivity index (χ2n) is 5.60. The Hall–Kier alpha value is -2.17. The number of methoxy groups -OCH3 is 1. The molecule has 0 fully saturated rings. The first-order valence-electron chi connectivity index (χ1n) is 7.47. The van der Waals surface area contributed by atoms with E-state index in [0.29, 0.717) is 31.8 Å². The third-order valence-electron chi connectivity index (χ3n) is 3.45. The molecule has 0 saturated heterocycles. The van der Waals surface area contributed by atoms with Crippen molar-refractivity contribution in [2.24, 2.45) is 5.73 Å². The highest BCUT2D eigenvalue weighted by Crippen LogP contribution is 2.33. The van der Waals surface area contributed by atoms with Gasteiger partial charge in [0.15, 0.2) is 5.01 Å². The largest absolute Gasteiger partial charge is 0.480 e. The number of ether oxygens (including phenoxy) is 2. The molecule has 26 heavy (non-hydrogen) atoms. The van der Waals surface area contributed by atoms with Crippen LogP contribution in [0.4, 0.5) is 4.39 Å². The molecule has 0 unspecified atom stereocenters. The van der Waals surface area contributed by atoms with Crippen molar-refractivity contribution in [1.82, 2.24) is 20.2 Å². The summed E-state index contributed by atoms with van der Waals surface area (Å²) in [6.07, 6.45) is 1.33. The van der Waals surface area contributed by atoms with Crippen LogP contribution in [0.3, 0.4) is 0 Å². The van der Waals surface area contributed by atoms with Crippen molar-refractivity contribution < 1.29 is 13.9 Å². The van der Waals surface area contributed by atoms with Gasteiger partial charge in [0.05, 0.1) is 7.11 Å². The molecular formula is C16H15BrFN5O2S. The quantitative estimate of drug-likeness (QED) is 0.629. The van der Waals surface area contributed by atoms with Crippen LogP contribution in [-0.2, 0) is 5.54 Å². The maximum Gasteiger partial charge on any atom is 0.235 e. The van der Waals surface area contributed by atoms with Crippen LogP contribution >= 0.6 is 27.3 Å². The summed E-state index contributed by atoms with van der Waals surface area (Å²) in [7, 11) is 1.50. The number of rotatable bonds is 6. The first-order valence-corrected chi connectivity index (χ1v) is 9.08. The Morgan fingerprint density at radius 3 is 2.69 bits per heavy atom. The zero-order chi connectivity index (χ0) is 18.7. The Balaban J connectivity index is 1.78. The molecule has 0 aliphatic carbocycles. The highest BCUT2D eigenvalue weighted by Gasteiger charge is 2.29. The SMILES string of the molecule is COc1ncnc(OC[C@](C)(N)c2nnc(-c3ccccc3F)s2)c1Br. The van der Waals surface area contributed by atoms with Crippen molar-refractivity contribution in [3.8, 4) is 22.3 Å². The first kappa shape index (κ1) is 18.6. The van der Waals surface area contributed by atoms with Gasteiger partial charge in [-0.15, -0.1) is 10.2 Å². The number of nitrogens with zero attached hydrogens (tertiary/aromatic N) is 4. The molecule has 3 rings (SSSR count). The Kier molecular flexibility index (Phi) is 5.44. The van der Waals surface area contributed by atoms with Crippen LogP contribution < -0.4 is 15.2 Å². The number of hydrogen-bond acceptors (Lipinski definition) is 8. The fraction of sp³-hybridized carbons (Fsp3) is 0.250. The second kappa shape index (κ2) is 7.60. The molecule has 0 bridgehead atoms. The topological polar surface area (TPSA) is 96.0 Å². The van der Waals surface area contributed by atoms with E-state index in [9.17, 15) is 4.39 Å². The summed E-state index contributed by atoms with van der Waals surface area (Å²) in [5.74, 6) is 0.293. The van der Waals surface area contributed by atoms with Crippen molar-refractivity contribution in [1.29, 1.82) is 0 Å². The predicted molar refractivity (Wildman–Crippen MR) is 98.6 cm³/mol. The highest BCUT2D eigenvalue weighted by atomic mass is 79.9. The number of aromatic nitrogens is 4. The standard InChI is InChI=1S/C16H15BrFN5O2S/c1-16(19,7-25-13-11(17)12(24-2)20-8-21-13)15-23-22-14(26-15)9-5-3-4-6-10(9)18/h3-6,8H,7,19H2,1-2H3/t16-/m0/s1. The summed E-state index contributed by atoms with van der Waals surface area (Å²) >= 11 is 4.54. The van der Waals surface area contributed by atoms with Gasteiger partial charge in [-0.05, 0) is 35.0 Å². The van der Waals surface area contributed by atoms with Gasteiger partial charge in [0.2, 0.25) is 11.8 Å². The molecule has 0 aliphatic heterocycles. The van der Waals surface area contributed by atoms with Crippen LogP contribution in [0.2, 0.25) is 0 Å². The van der Waals surface area contributed by atoms with Gasteiger partial charge in [-0.25, -0.2) is 14.4 Å². The summed E-state index contributed by atoms with van der Waals surface area (Å²) in [5, 5.41) is 9.13. The van der Waals surface area contributed by atoms with E-state index < -0.39 is 5.54 Å². The molecule has 136 valence electrons. The van der Waals surface area contributed by atoms with E-state index >= 15 is 0 Å². The Labute approximate surface area is 161 Å². The number of halogens is 2. The lowest BCUT2D eigenvalue weighted by atomic mass is 10.1. The molecule has 10 heteroatoms. The number of hydrogen-bond donors (Lipinski definition) is 1. The van der Waals surface area contributed by atoms with E-state index in [-0.39, 0.29) is 12.4 Å². The third-order valence-corrected chi connectivity index (χ3v) is 5.36. The number of benzene rings is 1. The van der Waals surface area contributed by atoms with Crippen LogP contribution in [0.15, 0.2) is 35.1 Å². The van der Waals surface area contributed by atoms with E-state index in [0.717, 1.165) is 0 Å². The fourth-order valence-electron chi connectivity index (χ4n) is 2.06. The van der Waals surface area contributed by atoms with Crippen LogP contribution in [0, 0.1) is 5.82 Å². The molecule has 3 aromatic rings. The molecule has 1 atom stereocenters. The Morgan fingerprint density at radius 2 is 1.96 bits per heavy atom. The molecule has 2 heterocycles.